The van der Waals surface area contributed by atoms with E-state index in [0.717, 1.165) is 35.7 Å². The van der Waals surface area contributed by atoms with E-state index in [4.69, 9.17) is 9.15 Å². The van der Waals surface area contributed by atoms with Gasteiger partial charge in [0.1, 0.15) is 18.6 Å². The van der Waals surface area contributed by atoms with Crippen LogP contribution in [0.4, 0.5) is 0 Å². The van der Waals surface area contributed by atoms with Crippen LogP contribution in [0.3, 0.4) is 0 Å². The highest BCUT2D eigenvalue weighted by Crippen LogP contribution is 2.23. The van der Waals surface area contributed by atoms with Gasteiger partial charge in [-0.3, -0.25) is 4.98 Å². The summed E-state index contributed by atoms with van der Waals surface area (Å²) in [7, 11) is 0. The van der Waals surface area contributed by atoms with E-state index in [9.17, 15) is 0 Å². The summed E-state index contributed by atoms with van der Waals surface area (Å²) in [4.78, 5) is 11.4. The first-order valence-corrected chi connectivity index (χ1v) is 9.59. The molecule has 0 N–H and O–H groups in total. The number of benzene rings is 1. The zero-order valence-electron chi connectivity index (χ0n) is 15.7. The third-order valence-corrected chi connectivity index (χ3v) is 5.11. The Balaban J connectivity index is 1.33. The lowest BCUT2D eigenvalue weighted by Gasteiger charge is -2.19. The smallest absolute Gasteiger partial charge is 0.226 e. The molecule has 1 saturated heterocycles. The fourth-order valence-corrected chi connectivity index (χ4v) is 3.47. The van der Waals surface area contributed by atoms with Crippen molar-refractivity contribution in [2.45, 2.75) is 38.8 Å². The third-order valence-electron chi connectivity index (χ3n) is 5.11. The van der Waals surface area contributed by atoms with Crippen molar-refractivity contribution in [3.8, 4) is 17.2 Å². The van der Waals surface area contributed by atoms with Gasteiger partial charge in [-0.25, -0.2) is 4.98 Å². The monoisotopic (exact) mass is 363 g/mol. The van der Waals surface area contributed by atoms with E-state index < -0.39 is 0 Å². The predicted octanol–water partition coefficient (Wildman–Crippen LogP) is 4.34. The standard InChI is InChI=1S/C22H25N3O2/c1-17-5-4-13-25(17)14-11-20-16-27-22(24-20)18-7-9-21(10-8-18)26-15-19-6-2-3-12-23-19/h2-3,6-10,12,16-17H,4-5,11,13-15H2,1H3. The number of ether oxygens (including phenoxy) is 1. The van der Waals surface area contributed by atoms with Crippen molar-refractivity contribution in [1.82, 2.24) is 14.9 Å². The number of oxazole rings is 1. The van der Waals surface area contributed by atoms with E-state index in [2.05, 4.69) is 21.8 Å². The summed E-state index contributed by atoms with van der Waals surface area (Å²) in [6.07, 6.45) is 7.09. The first-order valence-electron chi connectivity index (χ1n) is 9.59. The van der Waals surface area contributed by atoms with Crippen LogP contribution in [-0.2, 0) is 13.0 Å². The van der Waals surface area contributed by atoms with Gasteiger partial charge in [-0.05, 0) is 62.7 Å². The summed E-state index contributed by atoms with van der Waals surface area (Å²) in [5.41, 5.74) is 2.88. The average molecular weight is 363 g/mol. The molecule has 3 heterocycles. The number of hydrogen-bond acceptors (Lipinski definition) is 5. The Bertz CT molecular complexity index is 846. The largest absolute Gasteiger partial charge is 0.487 e. The molecule has 5 nitrogen and oxygen atoms in total. The van der Waals surface area contributed by atoms with Crippen molar-refractivity contribution in [1.29, 1.82) is 0 Å². The van der Waals surface area contributed by atoms with Crippen molar-refractivity contribution in [3.05, 3.63) is 66.3 Å². The Labute approximate surface area is 160 Å². The Morgan fingerprint density at radius 1 is 1.15 bits per heavy atom. The van der Waals surface area contributed by atoms with Crippen molar-refractivity contribution >= 4 is 0 Å². The number of rotatable bonds is 7. The number of nitrogens with zero attached hydrogens (tertiary/aromatic N) is 3. The second-order valence-corrected chi connectivity index (χ2v) is 7.06. The second-order valence-electron chi connectivity index (χ2n) is 7.06. The molecule has 0 bridgehead atoms. The highest BCUT2D eigenvalue weighted by molar-refractivity contribution is 5.54. The SMILES string of the molecule is CC1CCCN1CCc1coc(-c2ccc(OCc3ccccn3)cc2)n1. The molecule has 27 heavy (non-hydrogen) atoms. The molecule has 1 aromatic carbocycles. The Kier molecular flexibility index (Phi) is 5.49. The topological polar surface area (TPSA) is 51.4 Å². The van der Waals surface area contributed by atoms with Crippen LogP contribution in [0.15, 0.2) is 59.3 Å². The second kappa shape index (κ2) is 8.35. The predicted molar refractivity (Wildman–Crippen MR) is 104 cm³/mol. The van der Waals surface area contributed by atoms with Crippen LogP contribution in [0.2, 0.25) is 0 Å². The molecule has 140 valence electrons. The van der Waals surface area contributed by atoms with Gasteiger partial charge in [0.05, 0.1) is 11.4 Å². The first-order chi connectivity index (χ1) is 13.3. The van der Waals surface area contributed by atoms with Crippen molar-refractivity contribution in [2.24, 2.45) is 0 Å². The van der Waals surface area contributed by atoms with Gasteiger partial charge in [0.15, 0.2) is 0 Å². The summed E-state index contributed by atoms with van der Waals surface area (Å²) in [5.74, 6) is 1.47. The number of aromatic nitrogens is 2. The molecule has 2 aromatic heterocycles. The summed E-state index contributed by atoms with van der Waals surface area (Å²) >= 11 is 0. The number of hydrogen-bond donors (Lipinski definition) is 0. The van der Waals surface area contributed by atoms with Gasteiger partial charge >= 0.3 is 0 Å². The Morgan fingerprint density at radius 2 is 2.04 bits per heavy atom. The molecule has 0 aliphatic carbocycles. The molecule has 4 rings (SSSR count). The highest BCUT2D eigenvalue weighted by Gasteiger charge is 2.20. The maximum Gasteiger partial charge on any atom is 0.226 e. The summed E-state index contributed by atoms with van der Waals surface area (Å²) < 4.78 is 11.5. The van der Waals surface area contributed by atoms with E-state index in [0.29, 0.717) is 18.5 Å². The maximum absolute atomic E-state index is 5.77. The average Bonchev–Trinajstić information content (AvgIpc) is 3.35. The molecule has 0 radical (unpaired) electrons. The molecule has 1 unspecified atom stereocenters. The summed E-state index contributed by atoms with van der Waals surface area (Å²) in [5, 5.41) is 0. The molecule has 1 aliphatic rings. The Hall–Kier alpha value is -2.66. The fourth-order valence-electron chi connectivity index (χ4n) is 3.47. The van der Waals surface area contributed by atoms with Crippen LogP contribution in [-0.4, -0.2) is 34.0 Å². The minimum atomic E-state index is 0.457. The fraction of sp³-hybridized carbons (Fsp3) is 0.364. The molecule has 0 amide bonds. The zero-order chi connectivity index (χ0) is 18.5. The van der Waals surface area contributed by atoms with Gasteiger partial charge in [-0.2, -0.15) is 0 Å². The van der Waals surface area contributed by atoms with E-state index in [-0.39, 0.29) is 0 Å². The Morgan fingerprint density at radius 3 is 2.78 bits per heavy atom. The van der Waals surface area contributed by atoms with Gasteiger partial charge < -0.3 is 14.1 Å². The van der Waals surface area contributed by atoms with Crippen LogP contribution in [0.1, 0.15) is 31.2 Å². The summed E-state index contributed by atoms with van der Waals surface area (Å²) in [6.45, 7) is 5.01. The number of likely N-dealkylation sites (tertiary alicyclic amines) is 1. The van der Waals surface area contributed by atoms with Crippen molar-refractivity contribution < 1.29 is 9.15 Å². The minimum absolute atomic E-state index is 0.457. The highest BCUT2D eigenvalue weighted by atomic mass is 16.5. The lowest BCUT2D eigenvalue weighted by molar-refractivity contribution is 0.271. The molecular weight excluding hydrogens is 338 g/mol. The molecule has 0 saturated carbocycles. The normalized spacial score (nSPS) is 17.3. The zero-order valence-corrected chi connectivity index (χ0v) is 15.7. The van der Waals surface area contributed by atoms with Crippen LogP contribution in [0, 0.1) is 0 Å². The molecular formula is C22H25N3O2. The third kappa shape index (κ3) is 4.55. The lowest BCUT2D eigenvalue weighted by atomic mass is 10.2. The quantitative estimate of drug-likeness (QED) is 0.625. The lowest BCUT2D eigenvalue weighted by Crippen LogP contribution is -2.29. The molecule has 1 aliphatic heterocycles. The first kappa shape index (κ1) is 17.7. The van der Waals surface area contributed by atoms with Crippen molar-refractivity contribution in [2.75, 3.05) is 13.1 Å². The molecule has 1 atom stereocenters. The van der Waals surface area contributed by atoms with Crippen LogP contribution in [0.25, 0.3) is 11.5 Å². The maximum atomic E-state index is 5.77. The number of pyridine rings is 1. The van der Waals surface area contributed by atoms with Gasteiger partial charge in [0, 0.05) is 30.8 Å². The van der Waals surface area contributed by atoms with E-state index >= 15 is 0 Å². The van der Waals surface area contributed by atoms with Crippen LogP contribution in [0.5, 0.6) is 5.75 Å². The van der Waals surface area contributed by atoms with Gasteiger partial charge in [-0.1, -0.05) is 6.07 Å². The van der Waals surface area contributed by atoms with E-state index in [1.807, 2.05) is 42.5 Å². The van der Waals surface area contributed by atoms with Gasteiger partial charge in [0.25, 0.3) is 0 Å². The van der Waals surface area contributed by atoms with Crippen LogP contribution < -0.4 is 4.74 Å². The van der Waals surface area contributed by atoms with Gasteiger partial charge in [0.2, 0.25) is 5.89 Å². The minimum Gasteiger partial charge on any atom is -0.487 e. The molecule has 1 fully saturated rings. The van der Waals surface area contributed by atoms with Crippen molar-refractivity contribution in [3.63, 3.8) is 0 Å². The van der Waals surface area contributed by atoms with E-state index in [1.165, 1.54) is 19.4 Å². The van der Waals surface area contributed by atoms with Gasteiger partial charge in [-0.15, -0.1) is 0 Å². The van der Waals surface area contributed by atoms with E-state index in [1.54, 1.807) is 12.5 Å². The van der Waals surface area contributed by atoms with Crippen LogP contribution >= 0.6 is 0 Å². The summed E-state index contributed by atoms with van der Waals surface area (Å²) in [6, 6.07) is 14.3. The molecule has 0 spiro atoms. The molecule has 3 aromatic rings. The molecule has 5 heteroatoms.